The Labute approximate surface area is 124 Å². The van der Waals surface area contributed by atoms with E-state index in [1.807, 2.05) is 35.0 Å². The van der Waals surface area contributed by atoms with Gasteiger partial charge in [0.15, 0.2) is 0 Å². The number of thiazole rings is 2. The van der Waals surface area contributed by atoms with Gasteiger partial charge in [-0.05, 0) is 11.1 Å². The van der Waals surface area contributed by atoms with E-state index in [9.17, 15) is 0 Å². The van der Waals surface area contributed by atoms with Crippen molar-refractivity contribution in [3.8, 4) is 0 Å². The minimum absolute atomic E-state index is 0.763. The summed E-state index contributed by atoms with van der Waals surface area (Å²) in [5, 5.41) is 5.34. The topological polar surface area (TPSA) is 50.5 Å². The third-order valence-electron chi connectivity index (χ3n) is 2.42. The van der Waals surface area contributed by atoms with E-state index in [-0.39, 0.29) is 0 Å². The van der Waals surface area contributed by atoms with Crippen molar-refractivity contribution in [2.24, 2.45) is 9.98 Å². The number of aromatic nitrogens is 2. The maximum absolute atomic E-state index is 4.29. The molecule has 4 nitrogen and oxygen atoms in total. The zero-order valence-corrected chi connectivity index (χ0v) is 12.0. The van der Waals surface area contributed by atoms with Crippen LogP contribution in [0.15, 0.2) is 57.4 Å². The Kier molecular flexibility index (Phi) is 4.05. The largest absolute Gasteiger partial charge is 0.227 e. The highest BCUT2D eigenvalue weighted by Gasteiger charge is 1.93. The first-order valence-corrected chi connectivity index (χ1v) is 7.63. The van der Waals surface area contributed by atoms with Gasteiger partial charge in [0.25, 0.3) is 0 Å². The molecule has 0 saturated carbocycles. The second-order valence-electron chi connectivity index (χ2n) is 3.81. The molecule has 0 saturated heterocycles. The predicted octanol–water partition coefficient (Wildman–Crippen LogP) is 4.10. The minimum Gasteiger partial charge on any atom is -0.227 e. The van der Waals surface area contributed by atoms with E-state index < -0.39 is 0 Å². The van der Waals surface area contributed by atoms with E-state index in [0.29, 0.717) is 0 Å². The van der Waals surface area contributed by atoms with Crippen molar-refractivity contribution in [3.63, 3.8) is 0 Å². The van der Waals surface area contributed by atoms with Gasteiger partial charge >= 0.3 is 0 Å². The summed E-state index contributed by atoms with van der Waals surface area (Å²) in [5.41, 5.74) is 2.07. The van der Waals surface area contributed by atoms with Crippen LogP contribution in [0.2, 0.25) is 0 Å². The fourth-order valence-corrected chi connectivity index (χ4v) is 2.44. The quantitative estimate of drug-likeness (QED) is 0.681. The number of nitrogens with zero attached hydrogens (tertiary/aromatic N) is 4. The predicted molar refractivity (Wildman–Crippen MR) is 85.2 cm³/mol. The third kappa shape index (κ3) is 3.43. The van der Waals surface area contributed by atoms with Gasteiger partial charge in [0.1, 0.15) is 0 Å². The SMILES string of the molecule is C(=N\c1nccs1)/c1ccc(/C=N/c2nccs2)cc1. The van der Waals surface area contributed by atoms with Crippen molar-refractivity contribution in [1.29, 1.82) is 0 Å². The lowest BCUT2D eigenvalue weighted by Crippen LogP contribution is -1.84. The van der Waals surface area contributed by atoms with Crippen LogP contribution < -0.4 is 0 Å². The van der Waals surface area contributed by atoms with Crippen LogP contribution in [0.25, 0.3) is 0 Å². The van der Waals surface area contributed by atoms with Gasteiger partial charge in [-0.3, -0.25) is 0 Å². The number of hydrogen-bond acceptors (Lipinski definition) is 6. The Morgan fingerprint density at radius 3 is 1.55 bits per heavy atom. The molecule has 0 N–H and O–H groups in total. The van der Waals surface area contributed by atoms with Crippen LogP contribution in [0.4, 0.5) is 10.3 Å². The average Bonchev–Trinajstić information content (AvgIpc) is 3.17. The third-order valence-corrected chi connectivity index (χ3v) is 3.78. The van der Waals surface area contributed by atoms with Crippen molar-refractivity contribution in [1.82, 2.24) is 9.97 Å². The highest BCUT2D eigenvalue weighted by molar-refractivity contribution is 7.13. The van der Waals surface area contributed by atoms with Crippen LogP contribution in [0.1, 0.15) is 11.1 Å². The summed E-state index contributed by atoms with van der Waals surface area (Å²) in [6.45, 7) is 0. The number of benzene rings is 1. The lowest BCUT2D eigenvalue weighted by atomic mass is 10.2. The van der Waals surface area contributed by atoms with Crippen molar-refractivity contribution >= 4 is 45.4 Å². The van der Waals surface area contributed by atoms with Gasteiger partial charge < -0.3 is 0 Å². The molecule has 2 heterocycles. The molecule has 0 unspecified atom stereocenters. The molecule has 0 bridgehead atoms. The maximum atomic E-state index is 4.29. The van der Waals surface area contributed by atoms with Crippen LogP contribution in [-0.4, -0.2) is 22.4 Å². The van der Waals surface area contributed by atoms with E-state index in [4.69, 9.17) is 0 Å². The Balaban J connectivity index is 1.68. The number of hydrogen-bond donors (Lipinski definition) is 0. The standard InChI is InChI=1S/C14H10N4S2/c1-2-12(10-18-14-16-6-8-20-14)4-3-11(1)9-17-13-15-5-7-19-13/h1-10H/b17-9+,18-10+. The molecule has 0 amide bonds. The molecule has 0 radical (unpaired) electrons. The Morgan fingerprint density at radius 2 is 1.20 bits per heavy atom. The van der Waals surface area contributed by atoms with Gasteiger partial charge in [-0.1, -0.05) is 24.3 Å². The van der Waals surface area contributed by atoms with Crippen LogP contribution in [0, 0.1) is 0 Å². The van der Waals surface area contributed by atoms with Crippen molar-refractivity contribution in [2.45, 2.75) is 0 Å². The molecular weight excluding hydrogens is 288 g/mol. The summed E-state index contributed by atoms with van der Waals surface area (Å²) in [5.74, 6) is 0. The smallest absolute Gasteiger partial charge is 0.208 e. The molecule has 98 valence electrons. The molecule has 3 aromatic rings. The Morgan fingerprint density at radius 1 is 0.750 bits per heavy atom. The monoisotopic (exact) mass is 298 g/mol. The van der Waals surface area contributed by atoms with Crippen LogP contribution in [0.5, 0.6) is 0 Å². The van der Waals surface area contributed by atoms with Crippen molar-refractivity contribution < 1.29 is 0 Å². The zero-order chi connectivity index (χ0) is 13.6. The molecule has 20 heavy (non-hydrogen) atoms. The van der Waals surface area contributed by atoms with E-state index in [1.54, 1.807) is 24.8 Å². The second kappa shape index (κ2) is 6.31. The number of rotatable bonds is 4. The number of aliphatic imine (C=N–C) groups is 2. The second-order valence-corrected chi connectivity index (χ2v) is 5.56. The fourth-order valence-electron chi connectivity index (χ4n) is 1.49. The summed E-state index contributed by atoms with van der Waals surface area (Å²) in [6.07, 6.45) is 7.10. The van der Waals surface area contributed by atoms with Crippen LogP contribution in [0.3, 0.4) is 0 Å². The van der Waals surface area contributed by atoms with Gasteiger partial charge in [0.2, 0.25) is 10.3 Å². The summed E-state index contributed by atoms with van der Waals surface area (Å²) < 4.78 is 0. The molecule has 1 aromatic carbocycles. The molecular formula is C14H10N4S2. The molecule has 6 heteroatoms. The normalized spacial score (nSPS) is 11.6. The zero-order valence-electron chi connectivity index (χ0n) is 10.4. The van der Waals surface area contributed by atoms with E-state index in [2.05, 4.69) is 20.0 Å². The Hall–Kier alpha value is -2.18. The minimum atomic E-state index is 0.763. The molecule has 3 rings (SSSR count). The average molecular weight is 298 g/mol. The van der Waals surface area contributed by atoms with E-state index in [0.717, 1.165) is 21.4 Å². The summed E-state index contributed by atoms with van der Waals surface area (Å²) in [6, 6.07) is 8.00. The fraction of sp³-hybridized carbons (Fsp3) is 0. The maximum Gasteiger partial charge on any atom is 0.208 e. The summed E-state index contributed by atoms with van der Waals surface area (Å²) in [7, 11) is 0. The van der Waals surface area contributed by atoms with Gasteiger partial charge in [-0.15, -0.1) is 22.7 Å². The lowest BCUT2D eigenvalue weighted by molar-refractivity contribution is 1.36. The molecule has 0 aliphatic heterocycles. The van der Waals surface area contributed by atoms with E-state index in [1.165, 1.54) is 22.7 Å². The van der Waals surface area contributed by atoms with Gasteiger partial charge in [-0.2, -0.15) is 0 Å². The lowest BCUT2D eigenvalue weighted by Gasteiger charge is -1.94. The summed E-state index contributed by atoms with van der Waals surface area (Å²) >= 11 is 3.03. The van der Waals surface area contributed by atoms with Gasteiger partial charge in [0, 0.05) is 35.6 Å². The summed E-state index contributed by atoms with van der Waals surface area (Å²) in [4.78, 5) is 16.8. The van der Waals surface area contributed by atoms with Crippen molar-refractivity contribution in [2.75, 3.05) is 0 Å². The molecule has 0 fully saturated rings. The van der Waals surface area contributed by atoms with Gasteiger partial charge in [-0.25, -0.2) is 20.0 Å². The molecule has 0 atom stereocenters. The Bertz CT molecular complexity index is 635. The molecule has 0 spiro atoms. The van der Waals surface area contributed by atoms with Crippen molar-refractivity contribution in [3.05, 3.63) is 58.5 Å². The molecule has 0 aliphatic rings. The highest BCUT2D eigenvalue weighted by Crippen LogP contribution is 2.15. The molecule has 0 aliphatic carbocycles. The van der Waals surface area contributed by atoms with Crippen LogP contribution >= 0.6 is 22.7 Å². The van der Waals surface area contributed by atoms with Gasteiger partial charge in [0.05, 0.1) is 0 Å². The highest BCUT2D eigenvalue weighted by atomic mass is 32.1. The first-order valence-electron chi connectivity index (χ1n) is 5.87. The van der Waals surface area contributed by atoms with Crippen LogP contribution in [-0.2, 0) is 0 Å². The first kappa shape index (κ1) is 12.8. The first-order chi connectivity index (χ1) is 9.90. The molecule has 2 aromatic heterocycles. The van der Waals surface area contributed by atoms with E-state index >= 15 is 0 Å².